The van der Waals surface area contributed by atoms with Gasteiger partial charge in [-0.15, -0.1) is 0 Å². The Hall–Kier alpha value is -1.56. The molecule has 3 N–H and O–H groups in total. The molecule has 0 aliphatic carbocycles. The molecule has 1 fully saturated rings. The van der Waals surface area contributed by atoms with Gasteiger partial charge in [0.15, 0.2) is 5.82 Å². The lowest BCUT2D eigenvalue weighted by Gasteiger charge is -2.15. The first kappa shape index (κ1) is 14.8. The average Bonchev–Trinajstić information content (AvgIpc) is 2.94. The standard InChI is InChI=1S/C14H24N4O2/c1-3-6-11-17-13(12(15)14(18-11)19-4-2)16-9-10-7-5-8-20-10/h10H,3-9,15H2,1-2H3,(H,16,17,18). The molecule has 6 heteroatoms. The molecule has 2 heterocycles. The highest BCUT2D eigenvalue weighted by molar-refractivity contribution is 5.67. The van der Waals surface area contributed by atoms with Crippen LogP contribution in [0.4, 0.5) is 11.5 Å². The van der Waals surface area contributed by atoms with Gasteiger partial charge in [0.25, 0.3) is 0 Å². The van der Waals surface area contributed by atoms with E-state index in [1.807, 2.05) is 6.92 Å². The lowest BCUT2D eigenvalue weighted by atomic mass is 10.2. The highest BCUT2D eigenvalue weighted by atomic mass is 16.5. The van der Waals surface area contributed by atoms with E-state index in [9.17, 15) is 0 Å². The van der Waals surface area contributed by atoms with Crippen molar-refractivity contribution in [1.29, 1.82) is 0 Å². The normalized spacial score (nSPS) is 18.2. The minimum Gasteiger partial charge on any atom is -0.476 e. The van der Waals surface area contributed by atoms with Gasteiger partial charge >= 0.3 is 0 Å². The summed E-state index contributed by atoms with van der Waals surface area (Å²) in [5, 5.41) is 3.27. The zero-order chi connectivity index (χ0) is 14.4. The molecule has 20 heavy (non-hydrogen) atoms. The molecule has 1 aliphatic rings. The Morgan fingerprint density at radius 3 is 2.90 bits per heavy atom. The Morgan fingerprint density at radius 1 is 1.40 bits per heavy atom. The van der Waals surface area contributed by atoms with E-state index in [0.717, 1.165) is 44.7 Å². The molecule has 1 aliphatic heterocycles. The number of ether oxygens (including phenoxy) is 2. The van der Waals surface area contributed by atoms with Crippen molar-refractivity contribution in [2.75, 3.05) is 30.8 Å². The zero-order valence-electron chi connectivity index (χ0n) is 12.3. The molecule has 2 rings (SSSR count). The van der Waals surface area contributed by atoms with Crippen molar-refractivity contribution < 1.29 is 9.47 Å². The summed E-state index contributed by atoms with van der Waals surface area (Å²) >= 11 is 0. The smallest absolute Gasteiger partial charge is 0.242 e. The SMILES string of the molecule is CCCc1nc(NCC2CCCO2)c(N)c(OCC)n1. The van der Waals surface area contributed by atoms with Crippen molar-refractivity contribution in [3.05, 3.63) is 5.82 Å². The second-order valence-corrected chi connectivity index (χ2v) is 4.91. The van der Waals surface area contributed by atoms with Gasteiger partial charge in [-0.2, -0.15) is 4.98 Å². The molecule has 1 unspecified atom stereocenters. The maximum atomic E-state index is 6.07. The van der Waals surface area contributed by atoms with Crippen LogP contribution in [-0.2, 0) is 11.2 Å². The van der Waals surface area contributed by atoms with E-state index in [2.05, 4.69) is 22.2 Å². The summed E-state index contributed by atoms with van der Waals surface area (Å²) < 4.78 is 11.1. The van der Waals surface area contributed by atoms with Gasteiger partial charge in [-0.25, -0.2) is 4.98 Å². The summed E-state index contributed by atoms with van der Waals surface area (Å²) in [4.78, 5) is 8.85. The first-order valence-corrected chi connectivity index (χ1v) is 7.39. The van der Waals surface area contributed by atoms with Gasteiger partial charge in [-0.3, -0.25) is 0 Å². The molecule has 1 atom stereocenters. The molecule has 6 nitrogen and oxygen atoms in total. The molecule has 0 amide bonds. The van der Waals surface area contributed by atoms with Gasteiger partial charge in [0.05, 0.1) is 12.7 Å². The average molecular weight is 280 g/mol. The Labute approximate surface area is 120 Å². The molecule has 112 valence electrons. The summed E-state index contributed by atoms with van der Waals surface area (Å²) in [5.74, 6) is 1.89. The highest BCUT2D eigenvalue weighted by Crippen LogP contribution is 2.27. The van der Waals surface area contributed by atoms with Gasteiger partial charge in [-0.1, -0.05) is 6.92 Å². The van der Waals surface area contributed by atoms with Crippen LogP contribution in [-0.4, -0.2) is 35.8 Å². The third kappa shape index (κ3) is 3.72. The van der Waals surface area contributed by atoms with Crippen LogP contribution in [0.3, 0.4) is 0 Å². The second kappa shape index (κ2) is 7.28. The molecule has 0 bridgehead atoms. The summed E-state index contributed by atoms with van der Waals surface area (Å²) in [6.07, 6.45) is 4.25. The number of aromatic nitrogens is 2. The minimum absolute atomic E-state index is 0.245. The molecule has 0 spiro atoms. The Bertz CT molecular complexity index is 433. The van der Waals surface area contributed by atoms with Crippen LogP contribution in [0, 0.1) is 0 Å². The lowest BCUT2D eigenvalue weighted by Crippen LogP contribution is -2.20. The number of nitrogens with zero attached hydrogens (tertiary/aromatic N) is 2. The van der Waals surface area contributed by atoms with Crippen LogP contribution in [0.5, 0.6) is 5.88 Å². The molecule has 1 saturated heterocycles. The predicted octanol–water partition coefficient (Wildman–Crippen LogP) is 2.00. The number of nitrogens with two attached hydrogens (primary N) is 1. The summed E-state index contributed by atoms with van der Waals surface area (Å²) in [6, 6.07) is 0. The third-order valence-corrected chi connectivity index (χ3v) is 3.23. The number of nitrogens with one attached hydrogen (secondary N) is 1. The monoisotopic (exact) mass is 280 g/mol. The van der Waals surface area contributed by atoms with Gasteiger partial charge in [0.2, 0.25) is 5.88 Å². The summed E-state index contributed by atoms with van der Waals surface area (Å²) in [5.41, 5.74) is 6.54. The van der Waals surface area contributed by atoms with Crippen LogP contribution < -0.4 is 15.8 Å². The minimum atomic E-state index is 0.245. The predicted molar refractivity (Wildman–Crippen MR) is 79.1 cm³/mol. The van der Waals surface area contributed by atoms with Gasteiger partial charge < -0.3 is 20.5 Å². The number of anilines is 2. The highest BCUT2D eigenvalue weighted by Gasteiger charge is 2.17. The van der Waals surface area contributed by atoms with Gasteiger partial charge in [-0.05, 0) is 26.2 Å². The number of hydrogen-bond acceptors (Lipinski definition) is 6. The van der Waals surface area contributed by atoms with E-state index in [0.29, 0.717) is 24.0 Å². The molecule has 0 radical (unpaired) electrons. The summed E-state index contributed by atoms with van der Waals surface area (Å²) in [7, 11) is 0. The topological polar surface area (TPSA) is 82.3 Å². The van der Waals surface area contributed by atoms with E-state index in [1.165, 1.54) is 0 Å². The van der Waals surface area contributed by atoms with Crippen LogP contribution >= 0.6 is 0 Å². The fourth-order valence-corrected chi connectivity index (χ4v) is 2.23. The van der Waals surface area contributed by atoms with Crippen LogP contribution in [0.2, 0.25) is 0 Å². The van der Waals surface area contributed by atoms with Crippen molar-refractivity contribution in [1.82, 2.24) is 9.97 Å². The Kier molecular flexibility index (Phi) is 5.40. The molecular formula is C14H24N4O2. The van der Waals surface area contributed by atoms with Crippen molar-refractivity contribution in [3.8, 4) is 5.88 Å². The lowest BCUT2D eigenvalue weighted by molar-refractivity contribution is 0.120. The third-order valence-electron chi connectivity index (χ3n) is 3.23. The van der Waals surface area contributed by atoms with E-state index in [-0.39, 0.29) is 6.10 Å². The van der Waals surface area contributed by atoms with Crippen LogP contribution in [0.1, 0.15) is 38.9 Å². The zero-order valence-corrected chi connectivity index (χ0v) is 12.3. The van der Waals surface area contributed by atoms with Crippen molar-refractivity contribution >= 4 is 11.5 Å². The first-order valence-electron chi connectivity index (χ1n) is 7.39. The second-order valence-electron chi connectivity index (χ2n) is 4.91. The summed E-state index contributed by atoms with van der Waals surface area (Å²) in [6.45, 7) is 6.12. The van der Waals surface area contributed by atoms with E-state index in [1.54, 1.807) is 0 Å². The Morgan fingerprint density at radius 2 is 2.25 bits per heavy atom. The quantitative estimate of drug-likeness (QED) is 0.795. The number of nitrogen functional groups attached to an aromatic ring is 1. The van der Waals surface area contributed by atoms with Crippen molar-refractivity contribution in [2.45, 2.75) is 45.6 Å². The maximum absolute atomic E-state index is 6.07. The number of aryl methyl sites for hydroxylation is 1. The van der Waals surface area contributed by atoms with Crippen LogP contribution in [0.15, 0.2) is 0 Å². The molecule has 0 saturated carbocycles. The van der Waals surface area contributed by atoms with Gasteiger partial charge in [0, 0.05) is 19.6 Å². The van der Waals surface area contributed by atoms with Crippen LogP contribution in [0.25, 0.3) is 0 Å². The van der Waals surface area contributed by atoms with Crippen molar-refractivity contribution in [3.63, 3.8) is 0 Å². The van der Waals surface area contributed by atoms with Crippen molar-refractivity contribution in [2.24, 2.45) is 0 Å². The molecular weight excluding hydrogens is 256 g/mol. The first-order chi connectivity index (χ1) is 9.74. The molecule has 1 aromatic rings. The molecule has 1 aromatic heterocycles. The van der Waals surface area contributed by atoms with E-state index in [4.69, 9.17) is 15.2 Å². The number of hydrogen-bond donors (Lipinski definition) is 2. The van der Waals surface area contributed by atoms with E-state index >= 15 is 0 Å². The largest absolute Gasteiger partial charge is 0.476 e. The maximum Gasteiger partial charge on any atom is 0.242 e. The molecule has 0 aromatic carbocycles. The fraction of sp³-hybridized carbons (Fsp3) is 0.714. The Balaban J connectivity index is 2.11. The van der Waals surface area contributed by atoms with Gasteiger partial charge in [0.1, 0.15) is 11.5 Å². The van der Waals surface area contributed by atoms with E-state index < -0.39 is 0 Å². The fourth-order valence-electron chi connectivity index (χ4n) is 2.23. The number of rotatable bonds is 7.